The van der Waals surface area contributed by atoms with E-state index in [1.165, 1.54) is 17.0 Å². The minimum atomic E-state index is 0.708. The van der Waals surface area contributed by atoms with Crippen LogP contribution in [-0.2, 0) is 11.3 Å². The average molecular weight is 342 g/mol. The fraction of sp³-hybridized carbons (Fsp3) is 0.316. The number of rotatable bonds is 6. The molecule has 126 valence electrons. The van der Waals surface area contributed by atoms with Crippen molar-refractivity contribution in [2.24, 2.45) is 0 Å². The second kappa shape index (κ2) is 7.20. The van der Waals surface area contributed by atoms with Crippen molar-refractivity contribution < 1.29 is 9.47 Å². The molecule has 0 saturated carbocycles. The second-order valence-corrected chi connectivity index (χ2v) is 6.53. The lowest BCUT2D eigenvalue weighted by Crippen LogP contribution is -2.07. The van der Waals surface area contributed by atoms with Crippen molar-refractivity contribution in [3.63, 3.8) is 0 Å². The van der Waals surface area contributed by atoms with Crippen LogP contribution in [0.1, 0.15) is 11.4 Å². The molecule has 3 aromatic rings. The molecule has 0 N–H and O–H groups in total. The number of hydrogen-bond donors (Lipinski definition) is 0. The third kappa shape index (κ3) is 3.09. The lowest BCUT2D eigenvalue weighted by Gasteiger charge is -2.08. The summed E-state index contributed by atoms with van der Waals surface area (Å²) in [4.78, 5) is 4.85. The number of para-hydroxylation sites is 1. The van der Waals surface area contributed by atoms with E-state index in [2.05, 4.69) is 29.9 Å². The highest BCUT2D eigenvalue weighted by molar-refractivity contribution is 7.13. The van der Waals surface area contributed by atoms with E-state index in [0.717, 1.165) is 28.6 Å². The minimum Gasteiger partial charge on any atom is -0.496 e. The van der Waals surface area contributed by atoms with Crippen LogP contribution in [0.5, 0.6) is 5.75 Å². The molecule has 0 unspecified atom stereocenters. The third-order valence-corrected chi connectivity index (χ3v) is 5.09. The first-order valence-corrected chi connectivity index (χ1v) is 8.78. The molecule has 1 aromatic carbocycles. The van der Waals surface area contributed by atoms with Crippen molar-refractivity contribution in [3.8, 4) is 27.6 Å². The summed E-state index contributed by atoms with van der Waals surface area (Å²) in [6.07, 6.45) is 0. The highest BCUT2D eigenvalue weighted by Crippen LogP contribution is 2.35. The van der Waals surface area contributed by atoms with Crippen molar-refractivity contribution in [3.05, 3.63) is 47.1 Å². The molecule has 0 aliphatic carbocycles. The van der Waals surface area contributed by atoms with Gasteiger partial charge in [0.15, 0.2) is 0 Å². The van der Waals surface area contributed by atoms with Gasteiger partial charge in [-0.15, -0.1) is 11.3 Å². The van der Waals surface area contributed by atoms with Crippen molar-refractivity contribution >= 4 is 11.3 Å². The van der Waals surface area contributed by atoms with Gasteiger partial charge in [-0.05, 0) is 32.0 Å². The van der Waals surface area contributed by atoms with Gasteiger partial charge in [0.2, 0.25) is 0 Å². The topological polar surface area (TPSA) is 36.3 Å². The van der Waals surface area contributed by atoms with Crippen molar-refractivity contribution in [2.75, 3.05) is 20.8 Å². The Morgan fingerprint density at radius 1 is 1.12 bits per heavy atom. The maximum atomic E-state index is 5.45. The fourth-order valence-electron chi connectivity index (χ4n) is 2.93. The SMILES string of the molecule is COCCn1c(C)cc(-c2csc(-c3ccccc3OC)n2)c1C. The van der Waals surface area contributed by atoms with Crippen molar-refractivity contribution in [1.82, 2.24) is 9.55 Å². The maximum absolute atomic E-state index is 5.45. The van der Waals surface area contributed by atoms with Gasteiger partial charge in [-0.25, -0.2) is 4.98 Å². The van der Waals surface area contributed by atoms with Crippen molar-refractivity contribution in [2.45, 2.75) is 20.4 Å². The molecule has 0 fully saturated rings. The first-order chi connectivity index (χ1) is 11.7. The quantitative estimate of drug-likeness (QED) is 0.659. The average Bonchev–Trinajstić information content (AvgIpc) is 3.18. The van der Waals surface area contributed by atoms with Gasteiger partial charge in [0.05, 0.1) is 25.0 Å². The van der Waals surface area contributed by atoms with E-state index in [0.29, 0.717) is 6.61 Å². The smallest absolute Gasteiger partial charge is 0.129 e. The molecule has 0 spiro atoms. The molecular weight excluding hydrogens is 320 g/mol. The predicted molar refractivity (Wildman–Crippen MR) is 98.9 cm³/mol. The highest BCUT2D eigenvalue weighted by Gasteiger charge is 2.15. The molecule has 0 aliphatic heterocycles. The van der Waals surface area contributed by atoms with Crippen molar-refractivity contribution in [1.29, 1.82) is 0 Å². The van der Waals surface area contributed by atoms with Crippen LogP contribution in [0.3, 0.4) is 0 Å². The number of benzene rings is 1. The number of nitrogens with zero attached hydrogens (tertiary/aromatic N) is 2. The van der Waals surface area contributed by atoms with Crippen LogP contribution >= 0.6 is 11.3 Å². The molecule has 3 rings (SSSR count). The summed E-state index contributed by atoms with van der Waals surface area (Å²) in [6, 6.07) is 10.2. The fourth-order valence-corrected chi connectivity index (χ4v) is 3.78. The zero-order chi connectivity index (χ0) is 17.1. The van der Waals surface area contributed by atoms with Gasteiger partial charge in [0, 0.05) is 36.0 Å². The van der Waals surface area contributed by atoms with Crippen LogP contribution in [0.25, 0.3) is 21.8 Å². The monoisotopic (exact) mass is 342 g/mol. The normalized spacial score (nSPS) is 11.0. The summed E-state index contributed by atoms with van der Waals surface area (Å²) in [5.74, 6) is 0.851. The van der Waals surface area contributed by atoms with E-state index in [9.17, 15) is 0 Å². The molecule has 0 radical (unpaired) electrons. The largest absolute Gasteiger partial charge is 0.496 e. The molecule has 4 nitrogen and oxygen atoms in total. The first-order valence-electron chi connectivity index (χ1n) is 7.90. The van der Waals surface area contributed by atoms with Gasteiger partial charge in [0.1, 0.15) is 10.8 Å². The molecule has 0 saturated heterocycles. The summed E-state index contributed by atoms with van der Waals surface area (Å²) in [7, 11) is 3.42. The van der Waals surface area contributed by atoms with Crippen LogP contribution < -0.4 is 4.74 Å². The molecule has 5 heteroatoms. The molecule has 2 aromatic heterocycles. The lowest BCUT2D eigenvalue weighted by atomic mass is 10.2. The third-order valence-electron chi connectivity index (χ3n) is 4.21. The number of aromatic nitrogens is 2. The van der Waals surface area contributed by atoms with Gasteiger partial charge in [-0.3, -0.25) is 0 Å². The minimum absolute atomic E-state index is 0.708. The van der Waals surface area contributed by atoms with Gasteiger partial charge < -0.3 is 14.0 Å². The summed E-state index contributed by atoms with van der Waals surface area (Å²) >= 11 is 1.64. The predicted octanol–water partition coefficient (Wildman–Crippen LogP) is 4.55. The Hall–Kier alpha value is -2.11. The highest BCUT2D eigenvalue weighted by atomic mass is 32.1. The standard InChI is InChI=1S/C19H22N2O2S/c1-13-11-16(14(2)21(13)9-10-22-3)17-12-24-19(20-17)15-7-5-6-8-18(15)23-4/h5-8,11-12H,9-10H2,1-4H3. The summed E-state index contributed by atoms with van der Waals surface area (Å²) in [5.41, 5.74) is 5.68. The first kappa shape index (κ1) is 16.7. The van der Waals surface area contributed by atoms with Crippen LogP contribution in [-0.4, -0.2) is 30.4 Å². The Labute approximate surface area is 146 Å². The van der Waals surface area contributed by atoms with Gasteiger partial charge in [0.25, 0.3) is 0 Å². The summed E-state index contributed by atoms with van der Waals surface area (Å²) < 4.78 is 12.9. The van der Waals surface area contributed by atoms with Gasteiger partial charge in [-0.2, -0.15) is 0 Å². The van der Waals surface area contributed by atoms with Gasteiger partial charge >= 0.3 is 0 Å². The number of thiazole rings is 1. The zero-order valence-electron chi connectivity index (χ0n) is 14.5. The van der Waals surface area contributed by atoms with Gasteiger partial charge in [-0.1, -0.05) is 12.1 Å². The molecule has 0 amide bonds. The number of methoxy groups -OCH3 is 2. The number of ether oxygens (including phenoxy) is 2. The van der Waals surface area contributed by atoms with E-state index < -0.39 is 0 Å². The van der Waals surface area contributed by atoms with E-state index in [1.807, 2.05) is 24.3 Å². The Kier molecular flexibility index (Phi) is 5.02. The maximum Gasteiger partial charge on any atom is 0.129 e. The molecule has 24 heavy (non-hydrogen) atoms. The summed E-state index contributed by atoms with van der Waals surface area (Å²) in [5, 5.41) is 3.09. The molecule has 0 atom stereocenters. The Balaban J connectivity index is 1.97. The lowest BCUT2D eigenvalue weighted by molar-refractivity contribution is 0.186. The molecular formula is C19H22N2O2S. The summed E-state index contributed by atoms with van der Waals surface area (Å²) in [6.45, 7) is 5.83. The Morgan fingerprint density at radius 2 is 1.92 bits per heavy atom. The van der Waals surface area contributed by atoms with Crippen LogP contribution in [0.15, 0.2) is 35.7 Å². The molecule has 0 bridgehead atoms. The van der Waals surface area contributed by atoms with E-state index >= 15 is 0 Å². The van der Waals surface area contributed by atoms with Crippen LogP contribution in [0.2, 0.25) is 0 Å². The van der Waals surface area contributed by atoms with E-state index in [-0.39, 0.29) is 0 Å². The van der Waals surface area contributed by atoms with Crippen LogP contribution in [0, 0.1) is 13.8 Å². The van der Waals surface area contributed by atoms with E-state index in [1.54, 1.807) is 25.6 Å². The van der Waals surface area contributed by atoms with Crippen LogP contribution in [0.4, 0.5) is 0 Å². The molecule has 2 heterocycles. The number of hydrogen-bond acceptors (Lipinski definition) is 4. The number of aryl methyl sites for hydroxylation is 1. The Bertz CT molecular complexity index is 836. The second-order valence-electron chi connectivity index (χ2n) is 5.67. The van der Waals surface area contributed by atoms with E-state index in [4.69, 9.17) is 14.5 Å². The Morgan fingerprint density at radius 3 is 2.67 bits per heavy atom. The zero-order valence-corrected chi connectivity index (χ0v) is 15.3. The molecule has 0 aliphatic rings.